The van der Waals surface area contributed by atoms with E-state index in [2.05, 4.69) is 5.32 Å². The second-order valence-corrected chi connectivity index (χ2v) is 5.48. The van der Waals surface area contributed by atoms with Crippen LogP contribution in [0.4, 0.5) is 5.69 Å². The monoisotopic (exact) mass is 358 g/mol. The Kier molecular flexibility index (Phi) is 7.46. The number of nitro benzene ring substituents is 1. The zero-order valence-electron chi connectivity index (χ0n) is 13.4. The molecule has 0 fully saturated rings. The molecule has 1 aromatic rings. The third-order valence-electron chi connectivity index (χ3n) is 3.16. The van der Waals surface area contributed by atoms with Crippen LogP contribution in [0.2, 0.25) is 0 Å². The number of amides is 1. The van der Waals surface area contributed by atoms with E-state index >= 15 is 0 Å². The summed E-state index contributed by atoms with van der Waals surface area (Å²) in [6.45, 7) is 0.123. The lowest BCUT2D eigenvalue weighted by Gasteiger charge is -2.15. The summed E-state index contributed by atoms with van der Waals surface area (Å²) in [5.74, 6) is -1.83. The molecule has 0 saturated carbocycles. The largest absolute Gasteiger partial charge is 0.495 e. The van der Waals surface area contributed by atoms with Gasteiger partial charge in [0, 0.05) is 20.1 Å². The van der Waals surface area contributed by atoms with Gasteiger partial charge in [-0.05, 0) is 12.3 Å². The van der Waals surface area contributed by atoms with Crippen LogP contribution in [0.15, 0.2) is 17.0 Å². The molecule has 2 N–H and O–H groups in total. The quantitative estimate of drug-likeness (QED) is 0.386. The molecular weight excluding hydrogens is 340 g/mol. The third-order valence-corrected chi connectivity index (χ3v) is 3.92. The highest BCUT2D eigenvalue weighted by Gasteiger charge is 2.27. The standard InChI is InChI=1S/C14H18N2O7S/c1-22-5-4-9(14(18)19)15-13(17)8-6-12(24-3)11(23-2)7-10(8)16(20)21/h6-7,9H,4-5H2,1-3H3,(H,15,17)(H,18,19). The van der Waals surface area contributed by atoms with Gasteiger partial charge in [-0.25, -0.2) is 4.79 Å². The molecule has 0 bridgehead atoms. The van der Waals surface area contributed by atoms with Crippen molar-refractivity contribution in [2.24, 2.45) is 0 Å². The van der Waals surface area contributed by atoms with Crippen LogP contribution < -0.4 is 10.1 Å². The van der Waals surface area contributed by atoms with Gasteiger partial charge >= 0.3 is 5.97 Å². The number of carboxylic acid groups (broad SMARTS) is 1. The molecule has 1 unspecified atom stereocenters. The first-order valence-corrected chi connectivity index (χ1v) is 8.01. The van der Waals surface area contributed by atoms with E-state index in [1.54, 1.807) is 6.26 Å². The minimum atomic E-state index is -1.25. The number of nitro groups is 1. The predicted octanol–water partition coefficient (Wildman–Crippen LogP) is 1.54. The molecular formula is C14H18N2O7S. The predicted molar refractivity (Wildman–Crippen MR) is 86.8 cm³/mol. The van der Waals surface area contributed by atoms with E-state index in [0.717, 1.165) is 6.07 Å². The average molecular weight is 358 g/mol. The summed E-state index contributed by atoms with van der Waals surface area (Å²) < 4.78 is 9.86. The Balaban J connectivity index is 3.20. The molecule has 9 nitrogen and oxygen atoms in total. The van der Waals surface area contributed by atoms with Gasteiger partial charge in [-0.1, -0.05) is 0 Å². The number of thioether (sulfide) groups is 1. The number of methoxy groups -OCH3 is 2. The van der Waals surface area contributed by atoms with E-state index in [0.29, 0.717) is 4.90 Å². The van der Waals surface area contributed by atoms with E-state index in [1.807, 2.05) is 0 Å². The lowest BCUT2D eigenvalue weighted by molar-refractivity contribution is -0.385. The Morgan fingerprint density at radius 1 is 1.42 bits per heavy atom. The van der Waals surface area contributed by atoms with Crippen LogP contribution in [-0.2, 0) is 9.53 Å². The van der Waals surface area contributed by atoms with Gasteiger partial charge in [0.25, 0.3) is 11.6 Å². The number of hydrogen-bond donors (Lipinski definition) is 2. The van der Waals surface area contributed by atoms with Crippen LogP contribution in [0.1, 0.15) is 16.8 Å². The van der Waals surface area contributed by atoms with Gasteiger partial charge < -0.3 is 19.9 Å². The fourth-order valence-corrected chi connectivity index (χ4v) is 2.51. The number of nitrogens with one attached hydrogen (secondary N) is 1. The molecule has 1 amide bonds. The number of carboxylic acids is 1. The van der Waals surface area contributed by atoms with Crippen molar-refractivity contribution in [3.05, 3.63) is 27.8 Å². The maximum absolute atomic E-state index is 12.3. The fourth-order valence-electron chi connectivity index (χ4n) is 1.93. The van der Waals surface area contributed by atoms with E-state index in [-0.39, 0.29) is 24.3 Å². The fraction of sp³-hybridized carbons (Fsp3) is 0.429. The Bertz CT molecular complexity index is 636. The Morgan fingerprint density at radius 3 is 2.54 bits per heavy atom. The first kappa shape index (κ1) is 19.7. The van der Waals surface area contributed by atoms with E-state index < -0.39 is 28.5 Å². The van der Waals surface area contributed by atoms with Crippen LogP contribution >= 0.6 is 11.8 Å². The van der Waals surface area contributed by atoms with E-state index in [9.17, 15) is 19.7 Å². The lowest BCUT2D eigenvalue weighted by Crippen LogP contribution is -2.41. The Morgan fingerprint density at radius 2 is 2.08 bits per heavy atom. The van der Waals surface area contributed by atoms with Crippen molar-refractivity contribution in [3.8, 4) is 5.75 Å². The molecule has 24 heavy (non-hydrogen) atoms. The number of carbonyl (C=O) groups is 2. The number of hydrogen-bond acceptors (Lipinski definition) is 7. The number of benzene rings is 1. The molecule has 1 aromatic carbocycles. The molecule has 0 aliphatic carbocycles. The molecule has 0 heterocycles. The van der Waals surface area contributed by atoms with E-state index in [4.69, 9.17) is 14.6 Å². The molecule has 0 spiro atoms. The average Bonchev–Trinajstić information content (AvgIpc) is 2.56. The van der Waals surface area contributed by atoms with Crippen molar-refractivity contribution in [2.45, 2.75) is 17.4 Å². The van der Waals surface area contributed by atoms with Crippen LogP contribution in [0.25, 0.3) is 0 Å². The van der Waals surface area contributed by atoms with Gasteiger partial charge in [0.15, 0.2) is 0 Å². The molecule has 0 aliphatic rings. The highest BCUT2D eigenvalue weighted by Crippen LogP contribution is 2.34. The number of rotatable bonds is 9. The van der Waals surface area contributed by atoms with Gasteiger partial charge in [0.2, 0.25) is 0 Å². The maximum Gasteiger partial charge on any atom is 0.326 e. The topological polar surface area (TPSA) is 128 Å². The second kappa shape index (κ2) is 9.08. The van der Waals surface area contributed by atoms with Crippen molar-refractivity contribution in [1.29, 1.82) is 0 Å². The SMILES string of the molecule is COCCC(NC(=O)c1cc(SC)c(OC)cc1[N+](=O)[O-])C(=O)O. The van der Waals surface area contributed by atoms with Crippen molar-refractivity contribution in [2.75, 3.05) is 27.1 Å². The van der Waals surface area contributed by atoms with Gasteiger partial charge in [-0.2, -0.15) is 0 Å². The zero-order valence-corrected chi connectivity index (χ0v) is 14.2. The summed E-state index contributed by atoms with van der Waals surface area (Å²) in [5, 5.41) is 22.6. The molecule has 1 atom stereocenters. The van der Waals surface area contributed by atoms with Gasteiger partial charge in [0.1, 0.15) is 17.4 Å². The molecule has 0 aromatic heterocycles. The van der Waals surface area contributed by atoms with Crippen molar-refractivity contribution in [1.82, 2.24) is 5.32 Å². The zero-order chi connectivity index (χ0) is 18.3. The smallest absolute Gasteiger partial charge is 0.326 e. The lowest BCUT2D eigenvalue weighted by atomic mass is 10.1. The van der Waals surface area contributed by atoms with E-state index in [1.165, 1.54) is 32.0 Å². The van der Waals surface area contributed by atoms with Crippen molar-refractivity contribution < 1.29 is 29.1 Å². The molecule has 1 rings (SSSR count). The molecule has 0 radical (unpaired) electrons. The van der Waals surface area contributed by atoms with Crippen LogP contribution in [0.5, 0.6) is 5.75 Å². The highest BCUT2D eigenvalue weighted by atomic mass is 32.2. The first-order valence-electron chi connectivity index (χ1n) is 6.78. The van der Waals surface area contributed by atoms with Crippen LogP contribution in [0.3, 0.4) is 0 Å². The number of carbonyl (C=O) groups excluding carboxylic acids is 1. The van der Waals surface area contributed by atoms with Crippen LogP contribution in [0, 0.1) is 10.1 Å². The van der Waals surface area contributed by atoms with Gasteiger partial charge in [-0.3, -0.25) is 14.9 Å². The Labute approximate surface area is 142 Å². The first-order chi connectivity index (χ1) is 11.3. The molecule has 132 valence electrons. The minimum Gasteiger partial charge on any atom is -0.495 e. The highest BCUT2D eigenvalue weighted by molar-refractivity contribution is 7.98. The summed E-state index contributed by atoms with van der Waals surface area (Å²) in [4.78, 5) is 34.6. The summed E-state index contributed by atoms with van der Waals surface area (Å²) >= 11 is 1.25. The summed E-state index contributed by atoms with van der Waals surface area (Å²) in [6, 6.07) is 1.25. The Hall–Kier alpha value is -2.33. The number of aliphatic carboxylic acids is 1. The van der Waals surface area contributed by atoms with Gasteiger partial charge in [0.05, 0.1) is 23.0 Å². The number of nitrogens with zero attached hydrogens (tertiary/aromatic N) is 1. The van der Waals surface area contributed by atoms with Crippen molar-refractivity contribution >= 4 is 29.3 Å². The van der Waals surface area contributed by atoms with Gasteiger partial charge in [-0.15, -0.1) is 11.8 Å². The second-order valence-electron chi connectivity index (χ2n) is 4.63. The summed E-state index contributed by atoms with van der Waals surface area (Å²) in [5.41, 5.74) is -0.688. The molecule has 0 saturated heterocycles. The maximum atomic E-state index is 12.3. The molecule has 10 heteroatoms. The van der Waals surface area contributed by atoms with Crippen molar-refractivity contribution in [3.63, 3.8) is 0 Å². The molecule has 0 aliphatic heterocycles. The number of ether oxygens (including phenoxy) is 2. The summed E-state index contributed by atoms with van der Waals surface area (Å²) in [7, 11) is 2.77. The normalized spacial score (nSPS) is 11.6. The summed E-state index contributed by atoms with van der Waals surface area (Å²) in [6.07, 6.45) is 1.76. The third kappa shape index (κ3) is 4.83. The van der Waals surface area contributed by atoms with Crippen LogP contribution in [-0.4, -0.2) is 55.0 Å². The minimum absolute atomic E-state index is 0.0386.